The summed E-state index contributed by atoms with van der Waals surface area (Å²) >= 11 is 0. The number of hydrogen-bond donors (Lipinski definition) is 2. The van der Waals surface area contributed by atoms with E-state index in [4.69, 9.17) is 4.74 Å². The normalized spacial score (nSPS) is 22.3. The minimum atomic E-state index is 0.0848. The van der Waals surface area contributed by atoms with Gasteiger partial charge in [0, 0.05) is 45.9 Å². The number of amides is 2. The van der Waals surface area contributed by atoms with Gasteiger partial charge in [-0.05, 0) is 24.2 Å². The zero-order chi connectivity index (χ0) is 13.7. The summed E-state index contributed by atoms with van der Waals surface area (Å²) in [4.78, 5) is 14.0. The SMILES string of the molecule is CC(C)(CNC(=O)N1CCNCC1)C1CCOCC1. The van der Waals surface area contributed by atoms with Crippen LogP contribution < -0.4 is 10.6 Å². The third kappa shape index (κ3) is 4.08. The highest BCUT2D eigenvalue weighted by atomic mass is 16.5. The lowest BCUT2D eigenvalue weighted by Gasteiger charge is -2.38. The highest BCUT2D eigenvalue weighted by Crippen LogP contribution is 2.33. The van der Waals surface area contributed by atoms with Gasteiger partial charge in [0.25, 0.3) is 0 Å². The van der Waals surface area contributed by atoms with E-state index in [9.17, 15) is 4.79 Å². The van der Waals surface area contributed by atoms with Crippen LogP contribution in [0.5, 0.6) is 0 Å². The van der Waals surface area contributed by atoms with E-state index in [2.05, 4.69) is 24.5 Å². The van der Waals surface area contributed by atoms with E-state index in [1.807, 2.05) is 4.90 Å². The molecule has 0 saturated carbocycles. The molecule has 2 heterocycles. The molecule has 0 unspecified atom stereocenters. The summed E-state index contributed by atoms with van der Waals surface area (Å²) in [6.07, 6.45) is 2.22. The fourth-order valence-corrected chi connectivity index (χ4v) is 2.91. The number of hydrogen-bond acceptors (Lipinski definition) is 3. The van der Waals surface area contributed by atoms with E-state index in [0.717, 1.165) is 58.8 Å². The number of nitrogens with one attached hydrogen (secondary N) is 2. The maximum atomic E-state index is 12.1. The first kappa shape index (κ1) is 14.6. The molecular weight excluding hydrogens is 242 g/mol. The summed E-state index contributed by atoms with van der Waals surface area (Å²) in [6.45, 7) is 10.4. The highest BCUT2D eigenvalue weighted by Gasteiger charge is 2.31. The van der Waals surface area contributed by atoms with Gasteiger partial charge in [-0.15, -0.1) is 0 Å². The third-order valence-electron chi connectivity index (χ3n) is 4.43. The molecule has 2 fully saturated rings. The molecule has 2 N–H and O–H groups in total. The largest absolute Gasteiger partial charge is 0.381 e. The molecule has 2 aliphatic heterocycles. The van der Waals surface area contributed by atoms with Crippen molar-refractivity contribution in [1.29, 1.82) is 0 Å². The molecule has 110 valence electrons. The number of nitrogens with zero attached hydrogens (tertiary/aromatic N) is 1. The van der Waals surface area contributed by atoms with Gasteiger partial charge in [-0.1, -0.05) is 13.8 Å². The van der Waals surface area contributed by atoms with Gasteiger partial charge in [-0.25, -0.2) is 4.79 Å². The van der Waals surface area contributed by atoms with Crippen LogP contribution in [0.3, 0.4) is 0 Å². The van der Waals surface area contributed by atoms with E-state index in [-0.39, 0.29) is 11.4 Å². The van der Waals surface area contributed by atoms with Crippen molar-refractivity contribution in [3.05, 3.63) is 0 Å². The zero-order valence-corrected chi connectivity index (χ0v) is 12.2. The van der Waals surface area contributed by atoms with Gasteiger partial charge in [0.15, 0.2) is 0 Å². The Kier molecular flexibility index (Phi) is 5.05. The van der Waals surface area contributed by atoms with Crippen molar-refractivity contribution in [3.63, 3.8) is 0 Å². The number of piperazine rings is 1. The van der Waals surface area contributed by atoms with Gasteiger partial charge in [0.2, 0.25) is 0 Å². The van der Waals surface area contributed by atoms with Gasteiger partial charge >= 0.3 is 6.03 Å². The quantitative estimate of drug-likeness (QED) is 0.805. The monoisotopic (exact) mass is 269 g/mol. The summed E-state index contributed by atoms with van der Waals surface area (Å²) in [5.74, 6) is 0.643. The van der Waals surface area contributed by atoms with Gasteiger partial charge < -0.3 is 20.3 Å². The van der Waals surface area contributed by atoms with Gasteiger partial charge in [0.05, 0.1) is 0 Å². The molecule has 0 aliphatic carbocycles. The molecule has 5 nitrogen and oxygen atoms in total. The minimum absolute atomic E-state index is 0.0848. The summed E-state index contributed by atoms with van der Waals surface area (Å²) in [7, 11) is 0. The topological polar surface area (TPSA) is 53.6 Å². The molecule has 2 amide bonds. The fourth-order valence-electron chi connectivity index (χ4n) is 2.91. The maximum absolute atomic E-state index is 12.1. The van der Waals surface area contributed by atoms with E-state index in [1.54, 1.807) is 0 Å². The molecule has 0 aromatic carbocycles. The van der Waals surface area contributed by atoms with Crippen LogP contribution in [0.1, 0.15) is 26.7 Å². The second-order valence-corrected chi connectivity index (χ2v) is 6.27. The highest BCUT2D eigenvalue weighted by molar-refractivity contribution is 5.74. The lowest BCUT2D eigenvalue weighted by atomic mass is 9.74. The Bertz CT molecular complexity index is 295. The smallest absolute Gasteiger partial charge is 0.317 e. The predicted molar refractivity (Wildman–Crippen MR) is 75.2 cm³/mol. The van der Waals surface area contributed by atoms with Crippen LogP contribution in [0.2, 0.25) is 0 Å². The Morgan fingerprint density at radius 2 is 1.95 bits per heavy atom. The molecule has 0 spiro atoms. The molecule has 2 aliphatic rings. The Labute approximate surface area is 116 Å². The van der Waals surface area contributed by atoms with Crippen LogP contribution in [0.15, 0.2) is 0 Å². The summed E-state index contributed by atoms with van der Waals surface area (Å²) in [5.41, 5.74) is 0.146. The third-order valence-corrected chi connectivity index (χ3v) is 4.43. The number of carbonyl (C=O) groups is 1. The van der Waals surface area contributed by atoms with Crippen molar-refractivity contribution in [2.75, 3.05) is 45.9 Å². The zero-order valence-electron chi connectivity index (χ0n) is 12.2. The Hall–Kier alpha value is -0.810. The van der Waals surface area contributed by atoms with Crippen molar-refractivity contribution in [1.82, 2.24) is 15.5 Å². The summed E-state index contributed by atoms with van der Waals surface area (Å²) in [6, 6.07) is 0.0848. The van der Waals surface area contributed by atoms with E-state index >= 15 is 0 Å². The number of urea groups is 1. The molecule has 0 atom stereocenters. The molecule has 0 bridgehead atoms. The standard InChI is InChI=1S/C14H27N3O2/c1-14(2,12-3-9-19-10-4-12)11-16-13(18)17-7-5-15-6-8-17/h12,15H,3-11H2,1-2H3,(H,16,18). The van der Waals surface area contributed by atoms with E-state index in [0.29, 0.717) is 5.92 Å². The average Bonchev–Trinajstić information content (AvgIpc) is 2.47. The van der Waals surface area contributed by atoms with Crippen molar-refractivity contribution in [2.45, 2.75) is 26.7 Å². The number of carbonyl (C=O) groups excluding carboxylic acids is 1. The van der Waals surface area contributed by atoms with Gasteiger partial charge in [-0.2, -0.15) is 0 Å². The lowest BCUT2D eigenvalue weighted by Crippen LogP contribution is -2.52. The molecule has 2 saturated heterocycles. The number of rotatable bonds is 3. The van der Waals surface area contributed by atoms with Crippen LogP contribution in [0.4, 0.5) is 4.79 Å². The van der Waals surface area contributed by atoms with E-state index in [1.165, 1.54) is 0 Å². The first-order valence-electron chi connectivity index (χ1n) is 7.41. The van der Waals surface area contributed by atoms with E-state index < -0.39 is 0 Å². The van der Waals surface area contributed by atoms with Crippen molar-refractivity contribution in [3.8, 4) is 0 Å². The van der Waals surface area contributed by atoms with Crippen molar-refractivity contribution < 1.29 is 9.53 Å². The lowest BCUT2D eigenvalue weighted by molar-refractivity contribution is 0.0232. The average molecular weight is 269 g/mol. The second kappa shape index (κ2) is 6.57. The molecule has 0 aromatic heterocycles. The van der Waals surface area contributed by atoms with Crippen LogP contribution in [0, 0.1) is 11.3 Å². The Morgan fingerprint density at radius 1 is 1.32 bits per heavy atom. The van der Waals surface area contributed by atoms with Gasteiger partial charge in [0.1, 0.15) is 0 Å². The fraction of sp³-hybridized carbons (Fsp3) is 0.929. The molecule has 2 rings (SSSR count). The molecule has 19 heavy (non-hydrogen) atoms. The maximum Gasteiger partial charge on any atom is 0.317 e. The Morgan fingerprint density at radius 3 is 2.58 bits per heavy atom. The van der Waals surface area contributed by atoms with Crippen molar-refractivity contribution in [2.24, 2.45) is 11.3 Å². The number of ether oxygens (including phenoxy) is 1. The minimum Gasteiger partial charge on any atom is -0.381 e. The van der Waals surface area contributed by atoms with Gasteiger partial charge in [-0.3, -0.25) is 0 Å². The molecular formula is C14H27N3O2. The second-order valence-electron chi connectivity index (χ2n) is 6.27. The molecule has 5 heteroatoms. The van der Waals surface area contributed by atoms with Crippen LogP contribution in [-0.2, 0) is 4.74 Å². The molecule has 0 aromatic rings. The van der Waals surface area contributed by atoms with Crippen LogP contribution in [-0.4, -0.2) is 56.9 Å². The summed E-state index contributed by atoms with van der Waals surface area (Å²) in [5, 5.41) is 6.37. The molecule has 0 radical (unpaired) electrons. The predicted octanol–water partition coefficient (Wildman–Crippen LogP) is 1.05. The van der Waals surface area contributed by atoms with Crippen LogP contribution >= 0.6 is 0 Å². The first-order chi connectivity index (χ1) is 9.09. The van der Waals surface area contributed by atoms with Crippen LogP contribution in [0.25, 0.3) is 0 Å². The Balaban J connectivity index is 1.77. The summed E-state index contributed by atoms with van der Waals surface area (Å²) < 4.78 is 5.41. The first-order valence-corrected chi connectivity index (χ1v) is 7.41. The van der Waals surface area contributed by atoms with Crippen molar-refractivity contribution >= 4 is 6.03 Å².